The second kappa shape index (κ2) is 9.40. The van der Waals surface area contributed by atoms with Crippen LogP contribution in [0.2, 0.25) is 0 Å². The zero-order valence-electron chi connectivity index (χ0n) is 15.9. The number of nitrogens with two attached hydrogens (primary N) is 1. The molecule has 1 amide bonds. The van der Waals surface area contributed by atoms with Gasteiger partial charge in [-0.1, -0.05) is 12.1 Å². The van der Waals surface area contributed by atoms with E-state index >= 15 is 0 Å². The van der Waals surface area contributed by atoms with E-state index in [1.54, 1.807) is 12.1 Å². The van der Waals surface area contributed by atoms with Crippen molar-refractivity contribution in [2.24, 2.45) is 11.7 Å². The van der Waals surface area contributed by atoms with Gasteiger partial charge in [0, 0.05) is 25.6 Å². The highest BCUT2D eigenvalue weighted by molar-refractivity contribution is 6.47. The average Bonchev–Trinajstić information content (AvgIpc) is 2.67. The average molecular weight is 389 g/mol. The molecular formula is C19H28BN3O5. The van der Waals surface area contributed by atoms with Gasteiger partial charge in [-0.25, -0.2) is 4.79 Å². The summed E-state index contributed by atoms with van der Waals surface area (Å²) in [5.74, 6) is -1.29. The van der Waals surface area contributed by atoms with Crippen LogP contribution in [0.4, 0.5) is 0 Å². The number of para-hydroxylation sites is 1. The molecule has 28 heavy (non-hydrogen) atoms. The van der Waals surface area contributed by atoms with Gasteiger partial charge in [-0.05, 0) is 49.7 Å². The molecule has 1 heterocycles. The van der Waals surface area contributed by atoms with E-state index in [-0.39, 0.29) is 17.2 Å². The molecule has 6 N–H and O–H groups in total. The number of carbonyl (C=O) groups is 2. The zero-order valence-corrected chi connectivity index (χ0v) is 15.9. The highest BCUT2D eigenvalue weighted by Gasteiger charge is 2.38. The van der Waals surface area contributed by atoms with E-state index in [2.05, 4.69) is 10.6 Å². The maximum absolute atomic E-state index is 12.5. The predicted molar refractivity (Wildman–Crippen MR) is 105 cm³/mol. The Morgan fingerprint density at radius 2 is 2.00 bits per heavy atom. The van der Waals surface area contributed by atoms with Crippen LogP contribution in [0.1, 0.15) is 48.0 Å². The number of rotatable bonds is 7. The highest BCUT2D eigenvalue weighted by atomic mass is 16.5. The lowest BCUT2D eigenvalue weighted by atomic mass is 9.72. The Balaban J connectivity index is 1.51. The molecule has 3 rings (SSSR count). The molecule has 1 aromatic carbocycles. The SMILES string of the molecule is NCCNC1CCC(CC(=O)N[C@@H]2Cc3cccc(C(=O)O)c3OB2O)CC1. The number of carbonyl (C=O) groups excluding carboxylic acids is 1. The van der Waals surface area contributed by atoms with Crippen LogP contribution in [0.25, 0.3) is 0 Å². The molecule has 2 aliphatic rings. The minimum atomic E-state index is -1.27. The lowest BCUT2D eigenvalue weighted by molar-refractivity contribution is -0.122. The molecule has 1 saturated carbocycles. The fraction of sp³-hybridized carbons (Fsp3) is 0.579. The Morgan fingerprint density at radius 3 is 2.68 bits per heavy atom. The summed E-state index contributed by atoms with van der Waals surface area (Å²) < 4.78 is 5.42. The number of benzene rings is 1. The van der Waals surface area contributed by atoms with Gasteiger partial charge in [-0.3, -0.25) is 4.79 Å². The van der Waals surface area contributed by atoms with E-state index in [9.17, 15) is 19.7 Å². The largest absolute Gasteiger partial charge is 0.547 e. The monoisotopic (exact) mass is 389 g/mol. The number of carboxylic acid groups (broad SMARTS) is 1. The molecule has 9 heteroatoms. The molecule has 1 aromatic rings. The van der Waals surface area contributed by atoms with Gasteiger partial charge in [0.1, 0.15) is 5.75 Å². The lowest BCUT2D eigenvalue weighted by Gasteiger charge is -2.31. The van der Waals surface area contributed by atoms with E-state index in [1.807, 2.05) is 0 Å². The minimum absolute atomic E-state index is 0.0151. The second-order valence-electron chi connectivity index (χ2n) is 7.65. The molecule has 0 bridgehead atoms. The quantitative estimate of drug-likeness (QED) is 0.424. The summed E-state index contributed by atoms with van der Waals surface area (Å²) in [5, 5.41) is 25.8. The molecule has 8 nitrogen and oxygen atoms in total. The van der Waals surface area contributed by atoms with Crippen LogP contribution in [-0.2, 0) is 11.2 Å². The van der Waals surface area contributed by atoms with Gasteiger partial charge >= 0.3 is 13.1 Å². The van der Waals surface area contributed by atoms with Crippen molar-refractivity contribution in [1.82, 2.24) is 10.6 Å². The Labute approximate surface area is 165 Å². The maximum Gasteiger partial charge on any atom is 0.547 e. The van der Waals surface area contributed by atoms with E-state index in [0.717, 1.165) is 32.2 Å². The normalized spacial score (nSPS) is 24.2. The summed E-state index contributed by atoms with van der Waals surface area (Å²) in [4.78, 5) is 23.8. The number of nitrogens with one attached hydrogen (secondary N) is 2. The molecule has 1 fully saturated rings. The number of fused-ring (bicyclic) bond motifs is 1. The van der Waals surface area contributed by atoms with Gasteiger partial charge in [0.15, 0.2) is 0 Å². The zero-order chi connectivity index (χ0) is 20.1. The first-order chi connectivity index (χ1) is 13.5. The Kier molecular flexibility index (Phi) is 6.93. The van der Waals surface area contributed by atoms with Gasteiger partial charge in [-0.2, -0.15) is 0 Å². The van der Waals surface area contributed by atoms with Crippen LogP contribution in [0.15, 0.2) is 18.2 Å². The van der Waals surface area contributed by atoms with Crippen LogP contribution in [0, 0.1) is 5.92 Å². The Hall–Kier alpha value is -2.10. The van der Waals surface area contributed by atoms with E-state index in [0.29, 0.717) is 36.9 Å². The first-order valence-corrected chi connectivity index (χ1v) is 9.90. The minimum Gasteiger partial charge on any atom is -0.534 e. The second-order valence-corrected chi connectivity index (χ2v) is 7.65. The molecule has 0 unspecified atom stereocenters. The molecule has 152 valence electrons. The molecular weight excluding hydrogens is 361 g/mol. The summed E-state index contributed by atoms with van der Waals surface area (Å²) in [6.45, 7) is 1.45. The molecule has 0 saturated heterocycles. The van der Waals surface area contributed by atoms with Crippen LogP contribution in [0.3, 0.4) is 0 Å². The van der Waals surface area contributed by atoms with Crippen molar-refractivity contribution in [3.05, 3.63) is 29.3 Å². The van der Waals surface area contributed by atoms with Gasteiger partial charge in [-0.15, -0.1) is 0 Å². The van der Waals surface area contributed by atoms with Crippen LogP contribution in [-0.4, -0.2) is 54.2 Å². The van der Waals surface area contributed by atoms with E-state index in [1.165, 1.54) is 6.07 Å². The number of hydrogen-bond donors (Lipinski definition) is 5. The van der Waals surface area contributed by atoms with Crippen molar-refractivity contribution in [1.29, 1.82) is 0 Å². The van der Waals surface area contributed by atoms with Gasteiger partial charge in [0.05, 0.1) is 11.5 Å². The number of hydrogen-bond acceptors (Lipinski definition) is 6. The van der Waals surface area contributed by atoms with Gasteiger partial charge in [0.2, 0.25) is 5.91 Å². The predicted octanol–water partition coefficient (Wildman–Crippen LogP) is 0.321. The van der Waals surface area contributed by atoms with Crippen molar-refractivity contribution < 1.29 is 24.4 Å². The van der Waals surface area contributed by atoms with E-state index < -0.39 is 19.0 Å². The first-order valence-electron chi connectivity index (χ1n) is 9.90. The topological polar surface area (TPSA) is 134 Å². The van der Waals surface area contributed by atoms with Crippen LogP contribution in [0.5, 0.6) is 5.75 Å². The Bertz CT molecular complexity index is 709. The maximum atomic E-state index is 12.5. The number of aromatic carboxylic acids is 1. The summed E-state index contributed by atoms with van der Waals surface area (Å²) in [6.07, 6.45) is 4.82. The number of carboxylic acids is 1. The molecule has 0 spiro atoms. The lowest BCUT2D eigenvalue weighted by Crippen LogP contribution is -2.53. The van der Waals surface area contributed by atoms with Crippen molar-refractivity contribution in [3.63, 3.8) is 0 Å². The summed E-state index contributed by atoms with van der Waals surface area (Å²) in [5.41, 5.74) is 6.20. The summed E-state index contributed by atoms with van der Waals surface area (Å²) >= 11 is 0. The van der Waals surface area contributed by atoms with E-state index in [4.69, 9.17) is 10.4 Å². The van der Waals surface area contributed by atoms with Crippen molar-refractivity contribution in [2.75, 3.05) is 13.1 Å². The third kappa shape index (κ3) is 5.04. The van der Waals surface area contributed by atoms with Crippen molar-refractivity contribution in [2.45, 2.75) is 50.5 Å². The summed E-state index contributed by atoms with van der Waals surface area (Å²) in [6, 6.07) is 5.31. The standard InChI is InChI=1S/C19H28BN3O5/c21-8-9-22-14-6-4-12(5-7-14)10-17(24)23-16-11-13-2-1-3-15(19(25)26)18(13)28-20(16)27/h1-3,12,14,16,22,27H,4-11,21H2,(H,23,24)(H,25,26)/t12?,14?,16-/m1/s1. The van der Waals surface area contributed by atoms with Gasteiger partial charge < -0.3 is 31.2 Å². The van der Waals surface area contributed by atoms with Crippen LogP contribution < -0.4 is 21.0 Å². The fourth-order valence-corrected chi connectivity index (χ4v) is 4.10. The van der Waals surface area contributed by atoms with Crippen LogP contribution >= 0.6 is 0 Å². The van der Waals surface area contributed by atoms with Crippen molar-refractivity contribution >= 4 is 19.0 Å². The molecule has 1 atom stereocenters. The third-order valence-electron chi connectivity index (χ3n) is 5.59. The smallest absolute Gasteiger partial charge is 0.534 e. The fourth-order valence-electron chi connectivity index (χ4n) is 4.10. The van der Waals surface area contributed by atoms with Gasteiger partial charge in [0.25, 0.3) is 0 Å². The Morgan fingerprint density at radius 1 is 1.25 bits per heavy atom. The molecule has 1 aliphatic carbocycles. The first kappa shape index (κ1) is 20.6. The molecule has 0 aromatic heterocycles. The highest BCUT2D eigenvalue weighted by Crippen LogP contribution is 2.31. The summed E-state index contributed by atoms with van der Waals surface area (Å²) in [7, 11) is -1.27. The van der Waals surface area contributed by atoms with Crippen molar-refractivity contribution in [3.8, 4) is 5.75 Å². The number of amides is 1. The third-order valence-corrected chi connectivity index (χ3v) is 5.59. The molecule has 0 radical (unpaired) electrons. The molecule has 1 aliphatic heterocycles.